The van der Waals surface area contributed by atoms with Gasteiger partial charge in [0.25, 0.3) is 0 Å². The second kappa shape index (κ2) is 806000. The molecule has 0 atom stereocenters. The lowest BCUT2D eigenvalue weighted by molar-refractivity contribution is -0.106. The molecule has 0 rings (SSSR count). The second-order valence-corrected chi connectivity index (χ2v) is 0.236. The van der Waals surface area contributed by atoms with E-state index < -0.39 is 0 Å². The molecular formula is C4H8O3. The molecule has 0 aliphatic heterocycles. The van der Waals surface area contributed by atoms with E-state index in [-0.39, 0.29) is 0 Å². The summed E-state index contributed by atoms with van der Waals surface area (Å²) in [4.78, 5) is 24.8. The molecule has 0 spiro atoms. The first kappa shape index (κ1) is 16.7. The number of aldehydes is 1. The molecule has 0 N–H and O–H groups in total. The van der Waals surface area contributed by atoms with Crippen LogP contribution < -0.4 is 0 Å². The molecule has 3 nitrogen and oxygen atoms in total. The predicted octanol–water partition coefficient (Wildman–Crippen LogP) is -0.165. The van der Waals surface area contributed by atoms with Gasteiger partial charge < -0.3 is 14.4 Å². The Kier molecular flexibility index (Phi) is 1920000. The number of hydrogen-bond acceptors (Lipinski definition) is 3. The smallest absolute Gasteiger partial charge is 0.116 e. The Bertz CT molecular complexity index is 26.1. The molecule has 7 heavy (non-hydrogen) atoms. The van der Waals surface area contributed by atoms with E-state index in [2.05, 4.69) is 0 Å². The molecule has 0 aliphatic rings. The Balaban J connectivity index is -0.0000000360. The fourth-order valence-electron chi connectivity index (χ4n) is 0. The Morgan fingerprint density at radius 1 is 1.14 bits per heavy atom. The van der Waals surface area contributed by atoms with Crippen LogP contribution in [-0.4, -0.2) is 19.9 Å². The first-order chi connectivity index (χ1) is 3.41. The summed E-state index contributed by atoms with van der Waals surface area (Å²) in [5.41, 5.74) is 0. The van der Waals surface area contributed by atoms with Gasteiger partial charge in [-0.25, -0.2) is 0 Å². The molecule has 0 radical (unpaired) electrons. The molecule has 0 aromatic carbocycles. The third kappa shape index (κ3) is 46.3. The number of hydrogen-bond donors (Lipinski definition) is 0. The Labute approximate surface area is 42.3 Å². The highest BCUT2D eigenvalue weighted by molar-refractivity contribution is 5.44. The number of carbonyl (C=O) groups is 3. The van der Waals surface area contributed by atoms with Crippen molar-refractivity contribution in [3.05, 3.63) is 0 Å². The van der Waals surface area contributed by atoms with Gasteiger partial charge in [0, 0.05) is 0 Å². The Morgan fingerprint density at radius 3 is 1.14 bits per heavy atom. The highest BCUT2D eigenvalue weighted by atomic mass is 16.1. The summed E-state index contributed by atoms with van der Waals surface area (Å²) in [5, 5.41) is 0. The SMILES string of the molecule is C=O.C=O.CC=O. The van der Waals surface area contributed by atoms with Crippen LogP contribution in [0, 0.1) is 0 Å². The third-order valence-corrected chi connectivity index (χ3v) is 0. The van der Waals surface area contributed by atoms with Crippen LogP contribution in [-0.2, 0) is 14.4 Å². The lowest BCUT2D eigenvalue weighted by atomic mass is 11.0. The summed E-state index contributed by atoms with van der Waals surface area (Å²) < 4.78 is 0. The van der Waals surface area contributed by atoms with E-state index in [0.29, 0.717) is 0 Å². The maximum absolute atomic E-state index is 8.81. The fourth-order valence-corrected chi connectivity index (χ4v) is 0. The van der Waals surface area contributed by atoms with E-state index in [1.807, 2.05) is 13.6 Å². The topological polar surface area (TPSA) is 51.2 Å². The molecule has 0 fully saturated rings. The van der Waals surface area contributed by atoms with Crippen LogP contribution in [0.25, 0.3) is 0 Å². The van der Waals surface area contributed by atoms with Crippen molar-refractivity contribution >= 4 is 19.9 Å². The van der Waals surface area contributed by atoms with Gasteiger partial charge in [0.15, 0.2) is 0 Å². The van der Waals surface area contributed by atoms with E-state index in [0.717, 1.165) is 6.29 Å². The summed E-state index contributed by atoms with van der Waals surface area (Å²) in [5.74, 6) is 0. The van der Waals surface area contributed by atoms with E-state index in [1.54, 1.807) is 0 Å². The van der Waals surface area contributed by atoms with Crippen molar-refractivity contribution in [2.24, 2.45) is 0 Å². The normalized spacial score (nSPS) is 3.00. The van der Waals surface area contributed by atoms with Gasteiger partial charge in [-0.05, 0) is 6.92 Å². The fraction of sp³-hybridized carbons (Fsp3) is 0.250. The molecule has 0 heterocycles. The molecule has 0 aromatic rings. The summed E-state index contributed by atoms with van der Waals surface area (Å²) in [7, 11) is 0. The maximum Gasteiger partial charge on any atom is 0.116 e. The minimum atomic E-state index is 0.750. The summed E-state index contributed by atoms with van der Waals surface area (Å²) in [6.07, 6.45) is 0.750. The number of carbonyl (C=O) groups excluding carboxylic acids is 3. The van der Waals surface area contributed by atoms with Crippen molar-refractivity contribution in [2.45, 2.75) is 6.92 Å². The maximum atomic E-state index is 8.81. The summed E-state index contributed by atoms with van der Waals surface area (Å²) >= 11 is 0. The minimum absolute atomic E-state index is 0.750. The van der Waals surface area contributed by atoms with E-state index in [4.69, 9.17) is 14.4 Å². The van der Waals surface area contributed by atoms with Crippen molar-refractivity contribution in [2.75, 3.05) is 0 Å². The molecule has 0 aromatic heterocycles. The van der Waals surface area contributed by atoms with Gasteiger partial charge >= 0.3 is 0 Å². The second-order valence-electron chi connectivity index (χ2n) is 0.236. The lowest BCUT2D eigenvalue weighted by Crippen LogP contribution is -1.36. The van der Waals surface area contributed by atoms with Crippen molar-refractivity contribution < 1.29 is 14.4 Å². The van der Waals surface area contributed by atoms with Crippen LogP contribution in [0.4, 0.5) is 0 Å². The largest absolute Gasteiger partial charge is 0.307 e. The van der Waals surface area contributed by atoms with Crippen LogP contribution >= 0.6 is 0 Å². The van der Waals surface area contributed by atoms with Crippen molar-refractivity contribution in [1.82, 2.24) is 0 Å². The molecule has 0 unspecified atom stereocenters. The van der Waals surface area contributed by atoms with Crippen LogP contribution in [0.2, 0.25) is 0 Å². The van der Waals surface area contributed by atoms with Crippen LogP contribution in [0.5, 0.6) is 0 Å². The first-order valence-corrected chi connectivity index (χ1v) is 1.39. The summed E-state index contributed by atoms with van der Waals surface area (Å²) in [6.45, 7) is 5.44. The lowest BCUT2D eigenvalue weighted by Gasteiger charge is -1.23. The van der Waals surface area contributed by atoms with Gasteiger partial charge in [-0.1, -0.05) is 0 Å². The van der Waals surface area contributed by atoms with Gasteiger partial charge in [-0.3, -0.25) is 0 Å². The van der Waals surface area contributed by atoms with Crippen molar-refractivity contribution in [3.8, 4) is 0 Å². The highest BCUT2D eigenvalue weighted by Crippen LogP contribution is 1.13. The van der Waals surface area contributed by atoms with E-state index in [9.17, 15) is 0 Å². The third-order valence-electron chi connectivity index (χ3n) is 0. The number of rotatable bonds is 0. The van der Waals surface area contributed by atoms with Gasteiger partial charge in [0.05, 0.1) is 0 Å². The monoisotopic (exact) mass is 104 g/mol. The van der Waals surface area contributed by atoms with Gasteiger partial charge in [-0.15, -0.1) is 0 Å². The molecule has 0 bridgehead atoms. The molecule has 3 heteroatoms. The zero-order valence-electron chi connectivity index (χ0n) is 4.22. The Morgan fingerprint density at radius 2 is 1.14 bits per heavy atom. The van der Waals surface area contributed by atoms with Crippen molar-refractivity contribution in [3.63, 3.8) is 0 Å². The van der Waals surface area contributed by atoms with E-state index >= 15 is 0 Å². The molecule has 42 valence electrons. The zero-order chi connectivity index (χ0) is 6.71. The Hall–Kier alpha value is -0.990. The average Bonchev–Trinajstić information content (AvgIpc) is 1.78. The van der Waals surface area contributed by atoms with Gasteiger partial charge in [-0.2, -0.15) is 0 Å². The molecular weight excluding hydrogens is 96.0 g/mol. The summed E-state index contributed by atoms with van der Waals surface area (Å²) in [6, 6.07) is 0. The minimum Gasteiger partial charge on any atom is -0.307 e. The first-order valence-electron chi connectivity index (χ1n) is 1.39. The molecule has 0 saturated carbocycles. The van der Waals surface area contributed by atoms with E-state index in [1.165, 1.54) is 6.92 Å². The molecule has 0 aliphatic carbocycles. The van der Waals surface area contributed by atoms with Gasteiger partial charge in [0.2, 0.25) is 0 Å². The van der Waals surface area contributed by atoms with Gasteiger partial charge in [0.1, 0.15) is 19.9 Å². The highest BCUT2D eigenvalue weighted by Gasteiger charge is 1.24. The van der Waals surface area contributed by atoms with Crippen LogP contribution in [0.1, 0.15) is 6.92 Å². The predicted molar refractivity (Wildman–Crippen MR) is 26.0 cm³/mol. The van der Waals surface area contributed by atoms with Crippen molar-refractivity contribution in [1.29, 1.82) is 0 Å². The van der Waals surface area contributed by atoms with Crippen LogP contribution in [0.15, 0.2) is 0 Å². The molecule has 0 amide bonds. The quantitative estimate of drug-likeness (QED) is 0.401. The average molecular weight is 104 g/mol. The van der Waals surface area contributed by atoms with Crippen LogP contribution in [0.3, 0.4) is 0 Å². The molecule has 0 saturated heterocycles. The standard InChI is InChI=1S/C2H4O.2CH2O/c1-2-3;2*1-2/h2H,1H3;2*1H2. The zero-order valence-corrected chi connectivity index (χ0v) is 4.22.